The van der Waals surface area contributed by atoms with E-state index in [9.17, 15) is 0 Å². The molecule has 1 heterocycles. The van der Waals surface area contributed by atoms with Crippen molar-refractivity contribution in [3.63, 3.8) is 0 Å². The van der Waals surface area contributed by atoms with E-state index in [-0.39, 0.29) is 0 Å². The minimum absolute atomic E-state index is 0.419. The van der Waals surface area contributed by atoms with E-state index in [0.717, 1.165) is 6.54 Å². The maximum absolute atomic E-state index is 8.91. The van der Waals surface area contributed by atoms with E-state index in [0.29, 0.717) is 0 Å². The second-order valence-corrected chi connectivity index (χ2v) is 3.94. The molecule has 0 saturated heterocycles. The molecule has 0 fully saturated rings. The second-order valence-electron chi connectivity index (χ2n) is 2.57. The third-order valence-electron chi connectivity index (χ3n) is 1.37. The Labute approximate surface area is 70.9 Å². The summed E-state index contributed by atoms with van der Waals surface area (Å²) in [6.07, 6.45) is -0.419. The van der Waals surface area contributed by atoms with Gasteiger partial charge in [0.05, 0.1) is 0 Å². The van der Waals surface area contributed by atoms with Crippen molar-refractivity contribution >= 4 is 11.3 Å². The van der Waals surface area contributed by atoms with Crippen LogP contribution in [0, 0.1) is 6.92 Å². The molecule has 11 heavy (non-hydrogen) atoms. The third kappa shape index (κ3) is 3.01. The van der Waals surface area contributed by atoms with Gasteiger partial charge in [-0.1, -0.05) is 0 Å². The molecular formula is C8H13NOS. The molecule has 1 atom stereocenters. The van der Waals surface area contributed by atoms with Crippen LogP contribution in [0.4, 0.5) is 0 Å². The summed E-state index contributed by atoms with van der Waals surface area (Å²) in [5, 5.41) is 11.9. The quantitative estimate of drug-likeness (QED) is 0.675. The van der Waals surface area contributed by atoms with Gasteiger partial charge < -0.3 is 5.11 Å². The first-order valence-corrected chi connectivity index (χ1v) is 4.47. The van der Waals surface area contributed by atoms with Gasteiger partial charge in [-0.25, -0.2) is 0 Å². The molecule has 0 saturated carbocycles. The smallest absolute Gasteiger partial charge is 0.102 e. The molecule has 0 bridgehead atoms. The van der Waals surface area contributed by atoms with Crippen LogP contribution in [0.15, 0.2) is 12.1 Å². The lowest BCUT2D eigenvalue weighted by Gasteiger charge is -2.04. The molecule has 1 unspecified atom stereocenters. The molecule has 0 aliphatic rings. The number of hydrogen-bond acceptors (Lipinski definition) is 3. The van der Waals surface area contributed by atoms with Crippen LogP contribution in [0.3, 0.4) is 0 Å². The fourth-order valence-electron chi connectivity index (χ4n) is 0.828. The zero-order valence-electron chi connectivity index (χ0n) is 6.79. The largest absolute Gasteiger partial charge is 0.379 e. The first kappa shape index (κ1) is 8.71. The lowest BCUT2D eigenvalue weighted by atomic mass is 10.4. The Morgan fingerprint density at radius 2 is 2.36 bits per heavy atom. The summed E-state index contributed by atoms with van der Waals surface area (Å²) in [5.74, 6) is 0. The molecule has 0 spiro atoms. The average Bonchev–Trinajstić information content (AvgIpc) is 2.31. The van der Waals surface area contributed by atoms with Crippen LogP contribution in [-0.4, -0.2) is 11.3 Å². The van der Waals surface area contributed by atoms with Crippen LogP contribution < -0.4 is 5.32 Å². The van der Waals surface area contributed by atoms with E-state index in [1.54, 1.807) is 18.3 Å². The summed E-state index contributed by atoms with van der Waals surface area (Å²) >= 11 is 1.76. The molecule has 0 aliphatic heterocycles. The van der Waals surface area contributed by atoms with Gasteiger partial charge in [0.25, 0.3) is 0 Å². The van der Waals surface area contributed by atoms with Crippen LogP contribution in [0.5, 0.6) is 0 Å². The Bertz CT molecular complexity index is 220. The molecule has 0 amide bonds. The van der Waals surface area contributed by atoms with Gasteiger partial charge in [0.2, 0.25) is 0 Å². The summed E-state index contributed by atoms with van der Waals surface area (Å²) in [4.78, 5) is 2.58. The van der Waals surface area contributed by atoms with Gasteiger partial charge in [-0.2, -0.15) is 0 Å². The average molecular weight is 171 g/mol. The fraction of sp³-hybridized carbons (Fsp3) is 0.500. The van der Waals surface area contributed by atoms with Crippen molar-refractivity contribution in [3.05, 3.63) is 21.9 Å². The van der Waals surface area contributed by atoms with Crippen molar-refractivity contribution in [2.75, 3.05) is 0 Å². The minimum Gasteiger partial charge on any atom is -0.379 e. The summed E-state index contributed by atoms with van der Waals surface area (Å²) in [6, 6.07) is 4.17. The molecule has 1 rings (SSSR count). The molecule has 2 N–H and O–H groups in total. The second kappa shape index (κ2) is 3.85. The van der Waals surface area contributed by atoms with E-state index >= 15 is 0 Å². The summed E-state index contributed by atoms with van der Waals surface area (Å²) in [7, 11) is 0. The molecule has 0 aromatic carbocycles. The van der Waals surface area contributed by atoms with Crippen molar-refractivity contribution in [3.8, 4) is 0 Å². The summed E-state index contributed by atoms with van der Waals surface area (Å²) in [6.45, 7) is 4.56. The minimum atomic E-state index is -0.419. The van der Waals surface area contributed by atoms with Gasteiger partial charge in [-0.15, -0.1) is 11.3 Å². The number of nitrogens with one attached hydrogen (secondary N) is 1. The summed E-state index contributed by atoms with van der Waals surface area (Å²) < 4.78 is 0. The van der Waals surface area contributed by atoms with Gasteiger partial charge in [0.1, 0.15) is 6.23 Å². The predicted molar refractivity (Wildman–Crippen MR) is 47.6 cm³/mol. The van der Waals surface area contributed by atoms with Crippen LogP contribution >= 0.6 is 11.3 Å². The van der Waals surface area contributed by atoms with E-state index < -0.39 is 6.23 Å². The van der Waals surface area contributed by atoms with Crippen LogP contribution in [-0.2, 0) is 6.54 Å². The molecule has 3 heteroatoms. The third-order valence-corrected chi connectivity index (χ3v) is 2.37. The monoisotopic (exact) mass is 171 g/mol. The summed E-state index contributed by atoms with van der Waals surface area (Å²) in [5.41, 5.74) is 0. The fourth-order valence-corrected chi connectivity index (χ4v) is 1.67. The topological polar surface area (TPSA) is 32.3 Å². The van der Waals surface area contributed by atoms with Gasteiger partial charge in [-0.05, 0) is 26.0 Å². The van der Waals surface area contributed by atoms with Gasteiger partial charge in [0, 0.05) is 16.3 Å². The highest BCUT2D eigenvalue weighted by atomic mass is 32.1. The molecule has 2 nitrogen and oxygen atoms in total. The zero-order valence-corrected chi connectivity index (χ0v) is 7.61. The van der Waals surface area contributed by atoms with Crippen molar-refractivity contribution in [2.24, 2.45) is 0 Å². The van der Waals surface area contributed by atoms with E-state index in [1.807, 2.05) is 0 Å². The normalized spacial score (nSPS) is 13.4. The van der Waals surface area contributed by atoms with Gasteiger partial charge >= 0.3 is 0 Å². The number of rotatable bonds is 3. The van der Waals surface area contributed by atoms with Crippen molar-refractivity contribution in [1.29, 1.82) is 0 Å². The molecule has 1 aromatic heterocycles. The van der Waals surface area contributed by atoms with Crippen LogP contribution in [0.25, 0.3) is 0 Å². The predicted octanol–water partition coefficient (Wildman–Crippen LogP) is 1.48. The van der Waals surface area contributed by atoms with Crippen molar-refractivity contribution in [1.82, 2.24) is 5.32 Å². The maximum atomic E-state index is 8.91. The van der Waals surface area contributed by atoms with E-state index in [1.165, 1.54) is 9.75 Å². The lowest BCUT2D eigenvalue weighted by molar-refractivity contribution is 0.155. The Morgan fingerprint density at radius 1 is 1.64 bits per heavy atom. The number of aliphatic hydroxyl groups excluding tert-OH is 1. The van der Waals surface area contributed by atoms with Gasteiger partial charge in [0.15, 0.2) is 0 Å². The maximum Gasteiger partial charge on any atom is 0.102 e. The first-order chi connectivity index (χ1) is 5.18. The van der Waals surface area contributed by atoms with Crippen molar-refractivity contribution < 1.29 is 5.11 Å². The standard InChI is InChI=1S/C8H13NOS/c1-6-3-4-8(11-6)5-9-7(2)10/h3-4,7,9-10H,5H2,1-2H3. The number of aliphatic hydroxyl groups is 1. The number of thiophene rings is 1. The molecule has 62 valence electrons. The Morgan fingerprint density at radius 3 is 2.82 bits per heavy atom. The zero-order chi connectivity index (χ0) is 8.27. The number of hydrogen-bond donors (Lipinski definition) is 2. The highest BCUT2D eigenvalue weighted by molar-refractivity contribution is 7.11. The van der Waals surface area contributed by atoms with E-state index in [4.69, 9.17) is 5.11 Å². The highest BCUT2D eigenvalue weighted by Gasteiger charge is 1.97. The molecular weight excluding hydrogens is 158 g/mol. The first-order valence-electron chi connectivity index (χ1n) is 3.65. The molecule has 0 radical (unpaired) electrons. The lowest BCUT2D eigenvalue weighted by Crippen LogP contribution is -2.23. The Hall–Kier alpha value is -0.380. The SMILES string of the molecule is Cc1ccc(CNC(C)O)s1. The molecule has 0 aliphatic carbocycles. The van der Waals surface area contributed by atoms with Gasteiger partial charge in [-0.3, -0.25) is 5.32 Å². The van der Waals surface area contributed by atoms with Crippen LogP contribution in [0.2, 0.25) is 0 Å². The number of aryl methyl sites for hydroxylation is 1. The van der Waals surface area contributed by atoms with Crippen molar-refractivity contribution in [2.45, 2.75) is 26.6 Å². The highest BCUT2D eigenvalue weighted by Crippen LogP contribution is 2.14. The Balaban J connectivity index is 2.39. The van der Waals surface area contributed by atoms with Crippen LogP contribution in [0.1, 0.15) is 16.7 Å². The van der Waals surface area contributed by atoms with E-state index in [2.05, 4.69) is 24.4 Å². The molecule has 1 aromatic rings. The Kier molecular flexibility index (Phi) is 3.05.